The van der Waals surface area contributed by atoms with Gasteiger partial charge in [0.1, 0.15) is 5.54 Å². The van der Waals surface area contributed by atoms with Gasteiger partial charge in [-0.2, -0.15) is 5.26 Å². The zero-order chi connectivity index (χ0) is 28.6. The fourth-order valence-corrected chi connectivity index (χ4v) is 6.39. The summed E-state index contributed by atoms with van der Waals surface area (Å²) < 4.78 is 0. The Hall–Kier alpha value is -5.00. The van der Waals surface area contributed by atoms with E-state index in [0.29, 0.717) is 17.7 Å². The molecule has 2 aliphatic rings. The molecule has 6 rings (SSSR count). The zero-order valence-electron chi connectivity index (χ0n) is 22.2. The Morgan fingerprint density at radius 3 is 2.39 bits per heavy atom. The molecule has 8 nitrogen and oxygen atoms in total. The van der Waals surface area contributed by atoms with E-state index in [-0.39, 0.29) is 13.0 Å². The molecule has 4 unspecified atom stereocenters. The Bertz CT molecular complexity index is 1700. The van der Waals surface area contributed by atoms with Gasteiger partial charge in [0.05, 0.1) is 23.5 Å². The van der Waals surface area contributed by atoms with Gasteiger partial charge in [-0.3, -0.25) is 24.6 Å². The summed E-state index contributed by atoms with van der Waals surface area (Å²) in [5.74, 6) is -4.26. The van der Waals surface area contributed by atoms with Gasteiger partial charge >= 0.3 is 5.97 Å². The van der Waals surface area contributed by atoms with Crippen LogP contribution in [0, 0.1) is 23.2 Å². The number of likely N-dealkylation sites (tertiary alicyclic amines) is 1. The number of hydrogen-bond acceptors (Lipinski definition) is 6. The predicted molar refractivity (Wildman–Crippen MR) is 154 cm³/mol. The van der Waals surface area contributed by atoms with Crippen LogP contribution < -0.4 is 10.6 Å². The first-order valence-electron chi connectivity index (χ1n) is 13.5. The second-order valence-electron chi connectivity index (χ2n) is 10.6. The number of fused-ring (bicyclic) bond motifs is 2. The summed E-state index contributed by atoms with van der Waals surface area (Å²) in [6, 6.07) is 31.1. The molecule has 0 spiro atoms. The molecule has 204 valence electrons. The van der Waals surface area contributed by atoms with Crippen LogP contribution in [0.25, 0.3) is 10.8 Å². The normalized spacial score (nSPS) is 23.4. The van der Waals surface area contributed by atoms with E-state index >= 15 is 0 Å². The molecule has 4 aromatic carbocycles. The van der Waals surface area contributed by atoms with Crippen LogP contribution in [-0.4, -0.2) is 46.4 Å². The number of nitrogens with zero attached hydrogens (tertiary/aromatic N) is 2. The summed E-state index contributed by atoms with van der Waals surface area (Å²) in [7, 11) is 0. The lowest BCUT2D eigenvalue weighted by atomic mass is 9.76. The summed E-state index contributed by atoms with van der Waals surface area (Å²) in [6.45, 7) is 0.413. The van der Waals surface area contributed by atoms with Crippen molar-refractivity contribution in [2.75, 3.05) is 18.4 Å². The first-order valence-corrected chi connectivity index (χ1v) is 13.5. The lowest BCUT2D eigenvalue weighted by Gasteiger charge is -2.31. The molecule has 2 heterocycles. The second-order valence-corrected chi connectivity index (χ2v) is 10.6. The van der Waals surface area contributed by atoms with Gasteiger partial charge in [0.2, 0.25) is 11.8 Å². The molecule has 4 aromatic rings. The molecule has 2 amide bonds. The van der Waals surface area contributed by atoms with Crippen molar-refractivity contribution in [3.63, 3.8) is 0 Å². The van der Waals surface area contributed by atoms with Gasteiger partial charge in [0.15, 0.2) is 0 Å². The van der Waals surface area contributed by atoms with E-state index in [0.717, 1.165) is 22.0 Å². The summed E-state index contributed by atoms with van der Waals surface area (Å²) in [5, 5.41) is 29.0. The number of carbonyl (C=O) groups excluding carboxylic acids is 2. The number of amides is 2. The number of benzene rings is 4. The Balaban J connectivity index is 1.39. The molecule has 0 aromatic heterocycles. The SMILES string of the molecule is N#Cc1ccccc1C1NC(Cc2ccc3ccccc3c2)(C(=O)O)C2C(=O)N(CCNc3ccccc3)C(=O)C12. The minimum absolute atomic E-state index is 0.00528. The van der Waals surface area contributed by atoms with Crippen molar-refractivity contribution >= 4 is 34.2 Å². The van der Waals surface area contributed by atoms with Crippen LogP contribution in [0.2, 0.25) is 0 Å². The van der Waals surface area contributed by atoms with Crippen LogP contribution in [-0.2, 0) is 20.8 Å². The Morgan fingerprint density at radius 2 is 1.63 bits per heavy atom. The van der Waals surface area contributed by atoms with E-state index < -0.39 is 41.2 Å². The quantitative estimate of drug-likeness (QED) is 0.285. The molecule has 4 atom stereocenters. The highest BCUT2D eigenvalue weighted by Crippen LogP contribution is 2.50. The molecule has 2 fully saturated rings. The van der Waals surface area contributed by atoms with Crippen LogP contribution in [0.5, 0.6) is 0 Å². The fourth-order valence-electron chi connectivity index (χ4n) is 6.39. The second kappa shape index (κ2) is 10.5. The van der Waals surface area contributed by atoms with Crippen molar-refractivity contribution in [2.24, 2.45) is 11.8 Å². The molecule has 0 aliphatic carbocycles. The van der Waals surface area contributed by atoms with Gasteiger partial charge in [-0.15, -0.1) is 0 Å². The van der Waals surface area contributed by atoms with Gasteiger partial charge in [0, 0.05) is 31.2 Å². The standard InChI is InChI=1S/C33H28N4O4/c34-20-24-10-6-7-13-26(24)29-27-28(31(39)37(30(27)38)17-16-35-25-11-2-1-3-12-25)33(36-29,32(40)41)19-21-14-15-22-8-4-5-9-23(22)18-21/h1-15,18,27-29,35-36H,16-17,19H2,(H,40,41). The van der Waals surface area contributed by atoms with E-state index in [9.17, 15) is 24.8 Å². The lowest BCUT2D eigenvalue weighted by Crippen LogP contribution is -2.57. The van der Waals surface area contributed by atoms with Crippen molar-refractivity contribution in [2.45, 2.75) is 18.0 Å². The first kappa shape index (κ1) is 26.2. The molecule has 2 aliphatic heterocycles. The number of rotatable bonds is 8. The van der Waals surface area contributed by atoms with E-state index in [4.69, 9.17) is 0 Å². The van der Waals surface area contributed by atoms with Gasteiger partial charge in [-0.25, -0.2) is 0 Å². The number of imide groups is 1. The molecule has 0 saturated carbocycles. The minimum Gasteiger partial charge on any atom is -0.480 e. The summed E-state index contributed by atoms with van der Waals surface area (Å²) in [4.78, 5) is 42.3. The third-order valence-electron chi connectivity index (χ3n) is 8.28. The Morgan fingerprint density at radius 1 is 0.927 bits per heavy atom. The molecule has 0 bridgehead atoms. The number of carbonyl (C=O) groups is 3. The molecular weight excluding hydrogens is 516 g/mol. The number of carboxylic acid groups (broad SMARTS) is 1. The highest BCUT2D eigenvalue weighted by molar-refractivity contribution is 6.09. The van der Waals surface area contributed by atoms with E-state index in [2.05, 4.69) is 16.7 Å². The topological polar surface area (TPSA) is 123 Å². The van der Waals surface area contributed by atoms with Gasteiger partial charge in [0.25, 0.3) is 0 Å². The van der Waals surface area contributed by atoms with Crippen molar-refractivity contribution < 1.29 is 19.5 Å². The summed E-state index contributed by atoms with van der Waals surface area (Å²) in [5.41, 5.74) is 0.674. The van der Waals surface area contributed by atoms with Crippen molar-refractivity contribution in [1.29, 1.82) is 5.26 Å². The molecule has 8 heteroatoms. The Kier molecular flexibility index (Phi) is 6.73. The fraction of sp³-hybridized carbons (Fsp3) is 0.212. The van der Waals surface area contributed by atoms with E-state index in [1.54, 1.807) is 24.3 Å². The van der Waals surface area contributed by atoms with Crippen LogP contribution in [0.15, 0.2) is 97.1 Å². The van der Waals surface area contributed by atoms with E-state index in [1.807, 2.05) is 72.8 Å². The maximum Gasteiger partial charge on any atom is 0.325 e. The largest absolute Gasteiger partial charge is 0.480 e. The average Bonchev–Trinajstić information content (AvgIpc) is 3.47. The van der Waals surface area contributed by atoms with Gasteiger partial charge in [-0.05, 0) is 40.1 Å². The van der Waals surface area contributed by atoms with Gasteiger partial charge < -0.3 is 10.4 Å². The Labute approximate surface area is 237 Å². The zero-order valence-corrected chi connectivity index (χ0v) is 22.2. The molecule has 41 heavy (non-hydrogen) atoms. The predicted octanol–water partition coefficient (Wildman–Crippen LogP) is 4.14. The van der Waals surface area contributed by atoms with Crippen molar-refractivity contribution in [3.8, 4) is 6.07 Å². The molecule has 3 N–H and O–H groups in total. The summed E-state index contributed by atoms with van der Waals surface area (Å²) >= 11 is 0. The molecule has 2 saturated heterocycles. The lowest BCUT2D eigenvalue weighted by molar-refractivity contribution is -0.151. The summed E-state index contributed by atoms with van der Waals surface area (Å²) in [6.07, 6.45) is -0.00528. The first-order chi connectivity index (χ1) is 19.9. The monoisotopic (exact) mass is 544 g/mol. The third kappa shape index (κ3) is 4.50. The minimum atomic E-state index is -1.76. The van der Waals surface area contributed by atoms with Crippen LogP contribution in [0.3, 0.4) is 0 Å². The number of nitriles is 1. The van der Waals surface area contributed by atoms with Crippen molar-refractivity contribution in [3.05, 3.63) is 114 Å². The number of aliphatic carboxylic acids is 1. The number of anilines is 1. The van der Waals surface area contributed by atoms with Gasteiger partial charge in [-0.1, -0.05) is 78.9 Å². The maximum atomic E-state index is 14.0. The number of hydrogen-bond donors (Lipinski definition) is 3. The van der Waals surface area contributed by atoms with Crippen LogP contribution in [0.4, 0.5) is 5.69 Å². The molecule has 0 radical (unpaired) electrons. The number of para-hydroxylation sites is 1. The number of carboxylic acids is 1. The maximum absolute atomic E-state index is 14.0. The highest BCUT2D eigenvalue weighted by Gasteiger charge is 2.68. The third-order valence-corrected chi connectivity index (χ3v) is 8.28. The average molecular weight is 545 g/mol. The smallest absolute Gasteiger partial charge is 0.325 e. The van der Waals surface area contributed by atoms with Crippen LogP contribution >= 0.6 is 0 Å². The van der Waals surface area contributed by atoms with Crippen LogP contribution in [0.1, 0.15) is 22.7 Å². The number of nitrogens with one attached hydrogen (secondary N) is 2. The highest BCUT2D eigenvalue weighted by atomic mass is 16.4. The van der Waals surface area contributed by atoms with E-state index in [1.165, 1.54) is 4.90 Å². The van der Waals surface area contributed by atoms with Crippen molar-refractivity contribution in [1.82, 2.24) is 10.2 Å². The molecular formula is C33H28N4O4.